The molecule has 0 aliphatic carbocycles. The van der Waals surface area contributed by atoms with Crippen molar-refractivity contribution in [1.29, 1.82) is 0 Å². The van der Waals surface area contributed by atoms with Crippen molar-refractivity contribution in [3.63, 3.8) is 0 Å². The van der Waals surface area contributed by atoms with Gasteiger partial charge in [-0.2, -0.15) is 0 Å². The van der Waals surface area contributed by atoms with E-state index in [-0.39, 0.29) is 18.4 Å². The van der Waals surface area contributed by atoms with Gasteiger partial charge in [0.2, 0.25) is 11.8 Å². The summed E-state index contributed by atoms with van der Waals surface area (Å²) in [5, 5.41) is 5.49. The third-order valence-corrected chi connectivity index (χ3v) is 5.52. The van der Waals surface area contributed by atoms with Crippen LogP contribution in [0.1, 0.15) is 6.92 Å². The Labute approximate surface area is 177 Å². The predicted octanol–water partition coefficient (Wildman–Crippen LogP) is 1.76. The summed E-state index contributed by atoms with van der Waals surface area (Å²) in [4.78, 5) is 45.6. The Morgan fingerprint density at radius 2 is 1.90 bits per heavy atom. The van der Waals surface area contributed by atoms with Crippen LogP contribution < -0.4 is 5.32 Å². The second-order valence-corrected chi connectivity index (χ2v) is 7.74. The van der Waals surface area contributed by atoms with Crippen LogP contribution in [-0.2, 0) is 9.59 Å². The number of amides is 2. The van der Waals surface area contributed by atoms with Crippen molar-refractivity contribution in [2.45, 2.75) is 6.92 Å². The Kier molecular flexibility index (Phi) is 6.05. The average molecular weight is 424 g/mol. The number of carbonyl (C=O) groups is 2. The molecule has 154 valence electrons. The number of carbonyl (C=O) groups excluding carboxylic acids is 2. The maximum atomic E-state index is 12.6. The highest BCUT2D eigenvalue weighted by molar-refractivity contribution is 7.13. The van der Waals surface area contributed by atoms with Crippen molar-refractivity contribution < 1.29 is 9.59 Å². The Morgan fingerprint density at radius 1 is 1.07 bits per heavy atom. The van der Waals surface area contributed by atoms with Gasteiger partial charge in [-0.25, -0.2) is 15.0 Å². The third kappa shape index (κ3) is 4.84. The number of hydrogen-bond donors (Lipinski definition) is 1. The van der Waals surface area contributed by atoms with E-state index in [1.807, 2.05) is 28.5 Å². The van der Waals surface area contributed by atoms with Gasteiger partial charge in [0.05, 0.1) is 6.54 Å². The van der Waals surface area contributed by atoms with E-state index in [1.54, 1.807) is 30.3 Å². The topological polar surface area (TPSA) is 104 Å². The average Bonchev–Trinajstić information content (AvgIpc) is 3.29. The quantitative estimate of drug-likeness (QED) is 0.667. The first-order valence-electron chi connectivity index (χ1n) is 9.56. The minimum absolute atomic E-state index is 0.0665. The summed E-state index contributed by atoms with van der Waals surface area (Å²) in [6, 6.07) is 7.22. The summed E-state index contributed by atoms with van der Waals surface area (Å²) in [5.74, 6) is 0.732. The van der Waals surface area contributed by atoms with Crippen molar-refractivity contribution in [2.24, 2.45) is 0 Å². The minimum atomic E-state index is -0.165. The van der Waals surface area contributed by atoms with Crippen LogP contribution in [0.25, 0.3) is 22.2 Å². The number of piperazine rings is 1. The summed E-state index contributed by atoms with van der Waals surface area (Å²) in [6.45, 7) is 4.40. The van der Waals surface area contributed by atoms with Crippen LogP contribution >= 0.6 is 11.3 Å². The van der Waals surface area contributed by atoms with Crippen LogP contribution in [0.4, 0.5) is 5.82 Å². The number of thiazole rings is 1. The first-order valence-corrected chi connectivity index (χ1v) is 10.4. The number of pyridine rings is 1. The van der Waals surface area contributed by atoms with Gasteiger partial charge in [0.1, 0.15) is 22.2 Å². The molecule has 1 fully saturated rings. The lowest BCUT2D eigenvalue weighted by Gasteiger charge is -2.33. The first-order chi connectivity index (χ1) is 14.6. The summed E-state index contributed by atoms with van der Waals surface area (Å²) < 4.78 is 0. The highest BCUT2D eigenvalue weighted by Gasteiger charge is 2.21. The van der Waals surface area contributed by atoms with Gasteiger partial charge in [0, 0.05) is 56.9 Å². The second-order valence-electron chi connectivity index (χ2n) is 6.84. The lowest BCUT2D eigenvalue weighted by atomic mass is 10.3. The molecule has 2 amide bonds. The largest absolute Gasteiger partial charge is 0.340 e. The van der Waals surface area contributed by atoms with Crippen molar-refractivity contribution in [3.05, 3.63) is 42.0 Å². The number of rotatable bonds is 5. The minimum Gasteiger partial charge on any atom is -0.340 e. The monoisotopic (exact) mass is 423 g/mol. The number of hydrogen-bond acceptors (Lipinski definition) is 8. The van der Waals surface area contributed by atoms with E-state index in [9.17, 15) is 9.59 Å². The highest BCUT2D eigenvalue weighted by Crippen LogP contribution is 2.25. The SMILES string of the molecule is CC(=O)N1CCN(CC(=O)Nc2cc(-c3nccs3)nc(-c3ccccn3)n2)CC1. The standard InChI is InChI=1S/C20H21N7O2S/c1-14(28)27-9-7-26(8-10-27)13-18(29)24-17-12-16(20-22-6-11-30-20)23-19(25-17)15-4-2-3-5-21-15/h2-6,11-12H,7-10,13H2,1H3,(H,23,24,25,29). The van der Waals surface area contributed by atoms with E-state index in [2.05, 4.69) is 25.3 Å². The fourth-order valence-electron chi connectivity index (χ4n) is 3.19. The Bertz CT molecular complexity index is 1020. The fourth-order valence-corrected chi connectivity index (χ4v) is 3.78. The van der Waals surface area contributed by atoms with Crippen molar-refractivity contribution >= 4 is 29.0 Å². The molecule has 30 heavy (non-hydrogen) atoms. The normalized spacial score (nSPS) is 14.5. The van der Waals surface area contributed by atoms with Crippen LogP contribution in [0.15, 0.2) is 42.0 Å². The molecule has 9 nitrogen and oxygen atoms in total. The number of aromatic nitrogens is 4. The zero-order chi connectivity index (χ0) is 20.9. The Balaban J connectivity index is 1.50. The van der Waals surface area contributed by atoms with Crippen LogP contribution in [0.5, 0.6) is 0 Å². The molecule has 1 N–H and O–H groups in total. The molecule has 0 saturated carbocycles. The lowest BCUT2D eigenvalue weighted by molar-refractivity contribution is -0.130. The molecule has 0 atom stereocenters. The molecule has 0 aromatic carbocycles. The maximum Gasteiger partial charge on any atom is 0.239 e. The van der Waals surface area contributed by atoms with E-state index < -0.39 is 0 Å². The van der Waals surface area contributed by atoms with E-state index >= 15 is 0 Å². The molecule has 0 spiro atoms. The summed E-state index contributed by atoms with van der Waals surface area (Å²) in [5.41, 5.74) is 1.25. The van der Waals surface area contributed by atoms with Crippen molar-refractivity contribution in [3.8, 4) is 22.2 Å². The zero-order valence-electron chi connectivity index (χ0n) is 16.5. The maximum absolute atomic E-state index is 12.6. The van der Waals surface area contributed by atoms with Gasteiger partial charge in [-0.3, -0.25) is 19.5 Å². The summed E-state index contributed by atoms with van der Waals surface area (Å²) in [6.07, 6.45) is 3.38. The van der Waals surface area contributed by atoms with Gasteiger partial charge in [-0.15, -0.1) is 11.3 Å². The molecule has 4 rings (SSSR count). The molecule has 4 heterocycles. The molecule has 0 bridgehead atoms. The third-order valence-electron chi connectivity index (χ3n) is 4.72. The van der Waals surface area contributed by atoms with Crippen molar-refractivity contribution in [1.82, 2.24) is 29.7 Å². The summed E-state index contributed by atoms with van der Waals surface area (Å²) >= 11 is 1.46. The van der Waals surface area contributed by atoms with E-state index in [4.69, 9.17) is 0 Å². The van der Waals surface area contributed by atoms with Gasteiger partial charge >= 0.3 is 0 Å². The van der Waals surface area contributed by atoms with Crippen LogP contribution in [0.2, 0.25) is 0 Å². The molecule has 1 aliphatic heterocycles. The first kappa shape index (κ1) is 20.0. The zero-order valence-corrected chi connectivity index (χ0v) is 17.3. The molecule has 1 saturated heterocycles. The van der Waals surface area contributed by atoms with E-state index in [0.29, 0.717) is 49.2 Å². The van der Waals surface area contributed by atoms with Gasteiger partial charge < -0.3 is 10.2 Å². The molecule has 10 heteroatoms. The molecular formula is C20H21N7O2S. The molecule has 1 aliphatic rings. The van der Waals surface area contributed by atoms with Gasteiger partial charge in [0.15, 0.2) is 5.82 Å². The van der Waals surface area contributed by atoms with Gasteiger partial charge in [0.25, 0.3) is 0 Å². The van der Waals surface area contributed by atoms with Crippen LogP contribution in [-0.4, -0.2) is 74.3 Å². The van der Waals surface area contributed by atoms with Crippen molar-refractivity contribution in [2.75, 3.05) is 38.0 Å². The number of nitrogens with one attached hydrogen (secondary N) is 1. The van der Waals surface area contributed by atoms with E-state index in [0.717, 1.165) is 5.01 Å². The van der Waals surface area contributed by atoms with Crippen LogP contribution in [0.3, 0.4) is 0 Å². The van der Waals surface area contributed by atoms with Gasteiger partial charge in [-0.1, -0.05) is 6.07 Å². The number of nitrogens with zero attached hydrogens (tertiary/aromatic N) is 6. The Morgan fingerprint density at radius 3 is 2.57 bits per heavy atom. The number of anilines is 1. The molecule has 0 radical (unpaired) electrons. The smallest absolute Gasteiger partial charge is 0.239 e. The second kappa shape index (κ2) is 9.06. The highest BCUT2D eigenvalue weighted by atomic mass is 32.1. The summed E-state index contributed by atoms with van der Waals surface area (Å²) in [7, 11) is 0. The molecular weight excluding hydrogens is 402 g/mol. The predicted molar refractivity (Wildman–Crippen MR) is 114 cm³/mol. The van der Waals surface area contributed by atoms with Gasteiger partial charge in [-0.05, 0) is 12.1 Å². The molecule has 3 aromatic heterocycles. The lowest BCUT2D eigenvalue weighted by Crippen LogP contribution is -2.49. The molecule has 0 unspecified atom stereocenters. The van der Waals surface area contributed by atoms with Crippen LogP contribution in [0, 0.1) is 0 Å². The molecule has 3 aromatic rings. The Hall–Kier alpha value is -3.24. The van der Waals surface area contributed by atoms with E-state index in [1.165, 1.54) is 11.3 Å². The fraction of sp³-hybridized carbons (Fsp3) is 0.300.